The zero-order valence-electron chi connectivity index (χ0n) is 26.5. The molecule has 2 N–H and O–H groups in total. The summed E-state index contributed by atoms with van der Waals surface area (Å²) in [5.41, 5.74) is 0. The van der Waals surface area contributed by atoms with Crippen molar-refractivity contribution in [3.63, 3.8) is 0 Å². The molecule has 0 saturated heterocycles. The number of unbranched alkanes of at least 4 members (excludes halogenated alkanes) is 18. The van der Waals surface area contributed by atoms with Crippen LogP contribution in [0.15, 0.2) is 6.07 Å². The van der Waals surface area contributed by atoms with E-state index in [4.69, 9.17) is 18.9 Å². The van der Waals surface area contributed by atoms with Gasteiger partial charge in [0.2, 0.25) is 17.2 Å². The topological polar surface area (TPSA) is 94.5 Å². The maximum atomic E-state index is 11.3. The van der Waals surface area contributed by atoms with Crippen LogP contribution in [0, 0.1) is 0 Å². The molecule has 0 heterocycles. The summed E-state index contributed by atoms with van der Waals surface area (Å²) in [7, 11) is 0. The van der Waals surface area contributed by atoms with Crippen molar-refractivity contribution in [2.75, 3.05) is 19.8 Å². The van der Waals surface area contributed by atoms with Gasteiger partial charge in [0.15, 0.2) is 11.5 Å². The zero-order valence-corrected chi connectivity index (χ0v) is 26.5. The molecule has 7 heteroatoms. The highest BCUT2D eigenvalue weighted by Crippen LogP contribution is 2.50. The van der Waals surface area contributed by atoms with E-state index in [1.165, 1.54) is 96.0 Å². The van der Waals surface area contributed by atoms with Crippen molar-refractivity contribution in [2.24, 2.45) is 0 Å². The first-order valence-electron chi connectivity index (χ1n) is 16.7. The van der Waals surface area contributed by atoms with Gasteiger partial charge in [-0.1, -0.05) is 136 Å². The molecule has 1 rings (SSSR count). The molecule has 1 aromatic carbocycles. The van der Waals surface area contributed by atoms with Crippen LogP contribution in [0.2, 0.25) is 0 Å². The minimum atomic E-state index is -1.51. The largest absolute Gasteiger partial charge is 0.511 e. The molecular weight excluding hydrogens is 520 g/mol. The van der Waals surface area contributed by atoms with Crippen molar-refractivity contribution in [3.05, 3.63) is 6.07 Å². The van der Waals surface area contributed by atoms with Crippen LogP contribution in [-0.2, 0) is 0 Å². The third-order valence-electron chi connectivity index (χ3n) is 7.33. The molecule has 0 unspecified atom stereocenters. The normalized spacial score (nSPS) is 11.0. The highest BCUT2D eigenvalue weighted by atomic mass is 16.7. The third kappa shape index (κ3) is 18.0. The number of phenols is 1. The van der Waals surface area contributed by atoms with Crippen molar-refractivity contribution in [1.82, 2.24) is 0 Å². The molecule has 0 aliphatic rings. The molecule has 0 saturated carbocycles. The number of rotatable bonds is 28. The summed E-state index contributed by atoms with van der Waals surface area (Å²) < 4.78 is 23.2. The van der Waals surface area contributed by atoms with Gasteiger partial charge in [0, 0.05) is 6.07 Å². The number of aromatic hydroxyl groups is 1. The first-order chi connectivity index (χ1) is 20.0. The van der Waals surface area contributed by atoms with Crippen LogP contribution >= 0.6 is 0 Å². The van der Waals surface area contributed by atoms with Crippen LogP contribution in [0.25, 0.3) is 0 Å². The van der Waals surface area contributed by atoms with Crippen LogP contribution in [0.4, 0.5) is 4.79 Å². The number of phenolic OH excluding ortho intramolecular Hbond substituents is 1. The summed E-state index contributed by atoms with van der Waals surface area (Å²) in [5, 5.41) is 20.2. The summed E-state index contributed by atoms with van der Waals surface area (Å²) in [5.74, 6) is 0.213. The van der Waals surface area contributed by atoms with Crippen molar-refractivity contribution in [2.45, 2.75) is 156 Å². The minimum absolute atomic E-state index is 0.104. The van der Waals surface area contributed by atoms with Crippen molar-refractivity contribution in [1.29, 1.82) is 0 Å². The lowest BCUT2D eigenvalue weighted by Gasteiger charge is -2.20. The van der Waals surface area contributed by atoms with Gasteiger partial charge in [-0.15, -0.1) is 0 Å². The second-order valence-electron chi connectivity index (χ2n) is 11.2. The van der Waals surface area contributed by atoms with Crippen molar-refractivity contribution >= 4 is 6.16 Å². The number of hydrogen-bond acceptors (Lipinski definition) is 6. The molecule has 238 valence electrons. The Kier molecular flexibility index (Phi) is 22.7. The lowest BCUT2D eigenvalue weighted by molar-refractivity contribution is 0.141. The van der Waals surface area contributed by atoms with Crippen LogP contribution in [-0.4, -0.2) is 36.2 Å². The van der Waals surface area contributed by atoms with Gasteiger partial charge in [0.1, 0.15) is 0 Å². The van der Waals surface area contributed by atoms with Crippen LogP contribution < -0.4 is 18.9 Å². The highest BCUT2D eigenvalue weighted by Gasteiger charge is 2.24. The van der Waals surface area contributed by atoms with Gasteiger partial charge in [0.05, 0.1) is 19.8 Å². The smallest absolute Gasteiger partial charge is 0.502 e. The monoisotopic (exact) mass is 580 g/mol. The van der Waals surface area contributed by atoms with Gasteiger partial charge in [-0.05, 0) is 19.3 Å². The number of hydrogen-bond donors (Lipinski definition) is 2. The van der Waals surface area contributed by atoms with E-state index in [0.717, 1.165) is 44.9 Å². The lowest BCUT2D eigenvalue weighted by Crippen LogP contribution is -2.09. The van der Waals surface area contributed by atoms with E-state index in [1.54, 1.807) is 0 Å². The van der Waals surface area contributed by atoms with E-state index in [9.17, 15) is 15.0 Å². The molecule has 0 atom stereocenters. The van der Waals surface area contributed by atoms with E-state index in [-0.39, 0.29) is 17.2 Å². The number of carboxylic acid groups (broad SMARTS) is 1. The summed E-state index contributed by atoms with van der Waals surface area (Å²) in [6, 6.07) is 1.41. The Morgan fingerprint density at radius 1 is 0.537 bits per heavy atom. The summed E-state index contributed by atoms with van der Waals surface area (Å²) >= 11 is 0. The molecule has 0 fully saturated rings. The van der Waals surface area contributed by atoms with Gasteiger partial charge in [-0.25, -0.2) is 4.79 Å². The maximum absolute atomic E-state index is 11.3. The fraction of sp³-hybridized carbons (Fsp3) is 0.794. The van der Waals surface area contributed by atoms with Gasteiger partial charge in [-0.2, -0.15) is 0 Å². The summed E-state index contributed by atoms with van der Waals surface area (Å²) in [4.78, 5) is 11.3. The van der Waals surface area contributed by atoms with Crippen LogP contribution in [0.3, 0.4) is 0 Å². The summed E-state index contributed by atoms with van der Waals surface area (Å²) in [6.07, 6.45) is 22.7. The Labute approximate surface area is 250 Å². The van der Waals surface area contributed by atoms with Gasteiger partial charge in [-0.3, -0.25) is 0 Å². The third-order valence-corrected chi connectivity index (χ3v) is 7.33. The average molecular weight is 581 g/mol. The van der Waals surface area contributed by atoms with Crippen LogP contribution in [0.1, 0.15) is 156 Å². The highest BCUT2D eigenvalue weighted by molar-refractivity contribution is 5.70. The number of ether oxygens (including phenoxy) is 4. The van der Waals surface area contributed by atoms with E-state index >= 15 is 0 Å². The van der Waals surface area contributed by atoms with Gasteiger partial charge < -0.3 is 29.2 Å². The Hall–Kier alpha value is -2.31. The molecule has 0 aliphatic heterocycles. The quantitative estimate of drug-likeness (QED) is 0.0578. The second kappa shape index (κ2) is 25.4. The molecule has 7 nitrogen and oxygen atoms in total. The molecule has 0 amide bonds. The first kappa shape index (κ1) is 36.7. The van der Waals surface area contributed by atoms with Crippen molar-refractivity contribution < 1.29 is 34.0 Å². The Balaban J connectivity index is 2.89. The Bertz CT molecular complexity index is 781. The minimum Gasteiger partial charge on any atom is -0.502 e. The predicted octanol–water partition coefficient (Wildman–Crippen LogP) is 10.8. The molecule has 0 aromatic heterocycles. The SMILES string of the molecule is CCCCCCCCCOc1cc(OC(=O)O)c(O)c(OCCCCCCCCC)c1OCCCCCCCCC. The zero-order chi connectivity index (χ0) is 30.0. The molecule has 41 heavy (non-hydrogen) atoms. The van der Waals surface area contributed by atoms with E-state index in [1.807, 2.05) is 0 Å². The number of benzene rings is 1. The average Bonchev–Trinajstić information content (AvgIpc) is 2.95. The molecule has 1 aromatic rings. The van der Waals surface area contributed by atoms with Crippen LogP contribution in [0.5, 0.6) is 28.7 Å². The van der Waals surface area contributed by atoms with E-state index < -0.39 is 6.16 Å². The van der Waals surface area contributed by atoms with Crippen molar-refractivity contribution in [3.8, 4) is 28.7 Å². The Morgan fingerprint density at radius 2 is 0.902 bits per heavy atom. The standard InChI is InChI=1S/C34H60O7/c1-4-7-10-13-16-19-22-25-38-30-28-29(41-34(36)37)31(35)33(40-27-24-21-18-15-12-9-6-3)32(30)39-26-23-20-17-14-11-8-5-2/h28,35H,4-27H2,1-3H3,(H,36,37). The van der Waals surface area contributed by atoms with Gasteiger partial charge in [0.25, 0.3) is 0 Å². The summed E-state index contributed by atoms with van der Waals surface area (Å²) in [6.45, 7) is 7.97. The molecule has 0 aliphatic carbocycles. The number of carbonyl (C=O) groups is 1. The van der Waals surface area contributed by atoms with E-state index in [2.05, 4.69) is 20.8 Å². The predicted molar refractivity (Wildman–Crippen MR) is 167 cm³/mol. The fourth-order valence-corrected chi connectivity index (χ4v) is 4.84. The fourth-order valence-electron chi connectivity index (χ4n) is 4.84. The molecular formula is C34H60O7. The second-order valence-corrected chi connectivity index (χ2v) is 11.2. The molecule has 0 bridgehead atoms. The Morgan fingerprint density at radius 3 is 1.32 bits per heavy atom. The van der Waals surface area contributed by atoms with Gasteiger partial charge >= 0.3 is 6.16 Å². The molecule has 0 radical (unpaired) electrons. The first-order valence-corrected chi connectivity index (χ1v) is 16.7. The molecule has 0 spiro atoms. The maximum Gasteiger partial charge on any atom is 0.511 e. The lowest BCUT2D eigenvalue weighted by atomic mass is 10.1. The van der Waals surface area contributed by atoms with E-state index in [0.29, 0.717) is 31.3 Å².